The van der Waals surface area contributed by atoms with Gasteiger partial charge in [0, 0.05) is 23.3 Å². The Morgan fingerprint density at radius 2 is 1.77 bits per heavy atom. The minimum absolute atomic E-state index is 0.0618. The van der Waals surface area contributed by atoms with Crippen LogP contribution in [0.1, 0.15) is 5.56 Å². The number of halogens is 1. The molecule has 2 rings (SSSR count). The lowest BCUT2D eigenvalue weighted by molar-refractivity contribution is -0.132. The lowest BCUT2D eigenvalue weighted by Gasteiger charge is -2.18. The van der Waals surface area contributed by atoms with Gasteiger partial charge in [-0.1, -0.05) is 11.6 Å². The number of carbonyl (C=O) groups is 2. The fourth-order valence-electron chi connectivity index (χ4n) is 2.36. The highest BCUT2D eigenvalue weighted by Gasteiger charge is 2.16. The van der Waals surface area contributed by atoms with Crippen LogP contribution in [-0.4, -0.2) is 44.5 Å². The quantitative estimate of drug-likeness (QED) is 0.806. The predicted octanol–water partition coefficient (Wildman–Crippen LogP) is 3.00. The monoisotopic (exact) mass is 376 g/mol. The van der Waals surface area contributed by atoms with E-state index in [4.69, 9.17) is 21.1 Å². The molecule has 2 aromatic carbocycles. The molecule has 0 unspecified atom stereocenters. The minimum Gasteiger partial charge on any atom is -0.497 e. The average molecular weight is 377 g/mol. The third-order valence-electron chi connectivity index (χ3n) is 3.76. The number of hydrogen-bond donors (Lipinski definition) is 1. The third-order valence-corrected chi connectivity index (χ3v) is 4.00. The summed E-state index contributed by atoms with van der Waals surface area (Å²) < 4.78 is 10.3. The molecule has 0 aromatic heterocycles. The van der Waals surface area contributed by atoms with Crippen molar-refractivity contribution in [1.82, 2.24) is 4.90 Å². The summed E-state index contributed by atoms with van der Waals surface area (Å²) in [6, 6.07) is 12.0. The van der Waals surface area contributed by atoms with Gasteiger partial charge in [-0.2, -0.15) is 0 Å². The Morgan fingerprint density at radius 3 is 2.38 bits per heavy atom. The number of nitrogens with one attached hydrogen (secondary N) is 1. The molecule has 0 saturated carbocycles. The highest BCUT2D eigenvalue weighted by Crippen LogP contribution is 2.23. The summed E-state index contributed by atoms with van der Waals surface area (Å²) in [6.45, 7) is -0.0618. The van der Waals surface area contributed by atoms with E-state index in [1.165, 1.54) is 12.0 Å². The topological polar surface area (TPSA) is 67.9 Å². The lowest BCUT2D eigenvalue weighted by atomic mass is 10.1. The van der Waals surface area contributed by atoms with Crippen LogP contribution in [0, 0.1) is 0 Å². The van der Waals surface area contributed by atoms with Crippen LogP contribution in [0.25, 0.3) is 0 Å². The van der Waals surface area contributed by atoms with Crippen LogP contribution in [0.3, 0.4) is 0 Å². The van der Waals surface area contributed by atoms with Gasteiger partial charge in [-0.25, -0.2) is 0 Å². The molecule has 0 fully saturated rings. The lowest BCUT2D eigenvalue weighted by Crippen LogP contribution is -2.35. The number of methoxy groups -OCH3 is 2. The second kappa shape index (κ2) is 9.10. The number of carbonyl (C=O) groups excluding carboxylic acids is 2. The molecule has 0 spiro atoms. The zero-order chi connectivity index (χ0) is 19.1. The number of ether oxygens (including phenoxy) is 2. The molecular weight excluding hydrogens is 356 g/mol. The summed E-state index contributed by atoms with van der Waals surface area (Å²) in [7, 11) is 4.68. The number of hydrogen-bond acceptors (Lipinski definition) is 4. The van der Waals surface area contributed by atoms with Gasteiger partial charge in [-0.3, -0.25) is 9.59 Å². The van der Waals surface area contributed by atoms with Crippen molar-refractivity contribution in [3.8, 4) is 11.5 Å². The second-order valence-corrected chi connectivity index (χ2v) is 6.10. The number of anilines is 1. The molecular formula is C19H21ClN2O4. The van der Waals surface area contributed by atoms with E-state index in [1.54, 1.807) is 56.6 Å². The van der Waals surface area contributed by atoms with Gasteiger partial charge in [-0.15, -0.1) is 0 Å². The van der Waals surface area contributed by atoms with Crippen LogP contribution in [0.15, 0.2) is 42.5 Å². The maximum absolute atomic E-state index is 12.4. The van der Waals surface area contributed by atoms with Gasteiger partial charge in [0.2, 0.25) is 11.8 Å². The van der Waals surface area contributed by atoms with Gasteiger partial charge < -0.3 is 19.7 Å². The Labute approximate surface area is 157 Å². The first-order valence-corrected chi connectivity index (χ1v) is 8.31. The minimum atomic E-state index is -0.288. The molecule has 0 radical (unpaired) electrons. The maximum atomic E-state index is 12.4. The Kier molecular flexibility index (Phi) is 6.86. The first-order valence-electron chi connectivity index (χ1n) is 7.93. The largest absolute Gasteiger partial charge is 0.497 e. The molecule has 0 aliphatic carbocycles. The SMILES string of the molecule is COc1ccc(NC(=O)CN(C)C(=O)Cc2cc(Cl)ccc2OC)cc1. The molecule has 0 aliphatic heterocycles. The van der Waals surface area contributed by atoms with E-state index in [0.29, 0.717) is 27.8 Å². The molecule has 0 saturated heterocycles. The van der Waals surface area contributed by atoms with E-state index in [9.17, 15) is 9.59 Å². The Balaban J connectivity index is 1.93. The van der Waals surface area contributed by atoms with E-state index in [-0.39, 0.29) is 24.8 Å². The zero-order valence-electron chi connectivity index (χ0n) is 14.9. The summed E-state index contributed by atoms with van der Waals surface area (Å²) in [5, 5.41) is 3.26. The Bertz CT molecular complexity index is 778. The fraction of sp³-hybridized carbons (Fsp3) is 0.263. The Morgan fingerprint density at radius 1 is 1.08 bits per heavy atom. The van der Waals surface area contributed by atoms with Crippen LogP contribution in [0.5, 0.6) is 11.5 Å². The Hall–Kier alpha value is -2.73. The molecule has 6 nitrogen and oxygen atoms in total. The first kappa shape index (κ1) is 19.6. The van der Waals surface area contributed by atoms with Crippen molar-refractivity contribution < 1.29 is 19.1 Å². The molecule has 0 heterocycles. The number of likely N-dealkylation sites (N-methyl/N-ethyl adjacent to an activating group) is 1. The van der Waals surface area contributed by atoms with E-state index < -0.39 is 0 Å². The van der Waals surface area contributed by atoms with Gasteiger partial charge in [-0.05, 0) is 42.5 Å². The van der Waals surface area contributed by atoms with Gasteiger partial charge in [0.1, 0.15) is 11.5 Å². The summed E-state index contributed by atoms with van der Waals surface area (Å²) in [4.78, 5) is 25.9. The van der Waals surface area contributed by atoms with E-state index in [1.807, 2.05) is 0 Å². The summed E-state index contributed by atoms with van der Waals surface area (Å²) in [6.07, 6.45) is 0.0933. The number of nitrogens with zero attached hydrogens (tertiary/aromatic N) is 1. The van der Waals surface area contributed by atoms with Gasteiger partial charge in [0.25, 0.3) is 0 Å². The van der Waals surface area contributed by atoms with Crippen molar-refractivity contribution in [1.29, 1.82) is 0 Å². The van der Waals surface area contributed by atoms with E-state index in [2.05, 4.69) is 5.32 Å². The molecule has 7 heteroatoms. The predicted molar refractivity (Wildman–Crippen MR) is 101 cm³/mol. The van der Waals surface area contributed by atoms with Crippen molar-refractivity contribution in [3.63, 3.8) is 0 Å². The second-order valence-electron chi connectivity index (χ2n) is 5.66. The summed E-state index contributed by atoms with van der Waals surface area (Å²) >= 11 is 5.98. The van der Waals surface area contributed by atoms with Crippen LogP contribution in [-0.2, 0) is 16.0 Å². The van der Waals surface area contributed by atoms with Crippen LogP contribution in [0.4, 0.5) is 5.69 Å². The van der Waals surface area contributed by atoms with Gasteiger partial charge in [0.05, 0.1) is 27.2 Å². The van der Waals surface area contributed by atoms with Crippen molar-refractivity contribution in [2.24, 2.45) is 0 Å². The first-order chi connectivity index (χ1) is 12.4. The summed E-state index contributed by atoms with van der Waals surface area (Å²) in [5.74, 6) is 0.782. The molecule has 0 aliphatic rings. The fourth-order valence-corrected chi connectivity index (χ4v) is 2.56. The van der Waals surface area contributed by atoms with Gasteiger partial charge in [0.15, 0.2) is 0 Å². The van der Waals surface area contributed by atoms with Crippen molar-refractivity contribution in [3.05, 3.63) is 53.1 Å². The number of benzene rings is 2. The molecule has 2 aromatic rings. The molecule has 2 amide bonds. The number of amides is 2. The number of rotatable bonds is 7. The molecule has 0 bridgehead atoms. The third kappa shape index (κ3) is 5.39. The van der Waals surface area contributed by atoms with Crippen molar-refractivity contribution >= 4 is 29.1 Å². The highest BCUT2D eigenvalue weighted by atomic mass is 35.5. The van der Waals surface area contributed by atoms with E-state index in [0.717, 1.165) is 0 Å². The molecule has 0 atom stereocenters. The maximum Gasteiger partial charge on any atom is 0.243 e. The van der Waals surface area contributed by atoms with Crippen LogP contribution < -0.4 is 14.8 Å². The molecule has 26 heavy (non-hydrogen) atoms. The zero-order valence-corrected chi connectivity index (χ0v) is 15.7. The smallest absolute Gasteiger partial charge is 0.243 e. The van der Waals surface area contributed by atoms with Gasteiger partial charge >= 0.3 is 0 Å². The molecule has 1 N–H and O–H groups in total. The summed E-state index contributed by atoms with van der Waals surface area (Å²) in [5.41, 5.74) is 1.31. The van der Waals surface area contributed by atoms with Crippen LogP contribution in [0.2, 0.25) is 5.02 Å². The highest BCUT2D eigenvalue weighted by molar-refractivity contribution is 6.30. The normalized spacial score (nSPS) is 10.2. The van der Waals surface area contributed by atoms with E-state index >= 15 is 0 Å². The van der Waals surface area contributed by atoms with Crippen molar-refractivity contribution in [2.45, 2.75) is 6.42 Å². The average Bonchev–Trinajstić information content (AvgIpc) is 2.62. The van der Waals surface area contributed by atoms with Crippen LogP contribution >= 0.6 is 11.6 Å². The van der Waals surface area contributed by atoms with Crippen molar-refractivity contribution in [2.75, 3.05) is 33.1 Å². The standard InChI is InChI=1S/C19H21ClN2O4/c1-22(12-18(23)21-15-5-7-16(25-2)8-6-15)19(24)11-13-10-14(20)4-9-17(13)26-3/h4-10H,11-12H2,1-3H3,(H,21,23). The molecule has 138 valence electrons.